The first-order valence-electron chi connectivity index (χ1n) is 17.2. The predicted molar refractivity (Wildman–Crippen MR) is 201 cm³/mol. The van der Waals surface area contributed by atoms with E-state index in [1.807, 2.05) is 0 Å². The quantitative estimate of drug-likeness (QED) is 0.0400. The van der Waals surface area contributed by atoms with Crippen LogP contribution in [0.3, 0.4) is 0 Å². The van der Waals surface area contributed by atoms with Crippen molar-refractivity contribution in [3.05, 3.63) is 25.3 Å². The van der Waals surface area contributed by atoms with Gasteiger partial charge in [-0.3, -0.25) is 4.79 Å². The summed E-state index contributed by atoms with van der Waals surface area (Å²) >= 11 is 0. The highest BCUT2D eigenvalue weighted by Crippen LogP contribution is 2.07. The number of alkyl carbamates (subject to hydrolysis) is 4. The number of hydrogen-bond acceptors (Lipinski definition) is 16. The summed E-state index contributed by atoms with van der Waals surface area (Å²) in [6.07, 6.45) is -0.141. The van der Waals surface area contributed by atoms with Crippen LogP contribution >= 0.6 is 0 Å². The van der Waals surface area contributed by atoms with Crippen LogP contribution in [-0.2, 0) is 57.1 Å². The third-order valence-electron chi connectivity index (χ3n) is 6.80. The first kappa shape index (κ1) is 54.8. The van der Waals surface area contributed by atoms with Gasteiger partial charge in [0.15, 0.2) is 0 Å². The van der Waals surface area contributed by atoms with E-state index in [4.69, 9.17) is 33.2 Å². The smallest absolute Gasteiger partial charge is 0.408 e. The SMILES string of the molecule is C.C.C=CC(=O)OCC(C)OC(=O)NC(CCCNC(=O)OCCCCOC(=O)NCCCCC(NC(=O)OC(C)COC(=O)C=C)C(=O)OC)CC(=O)OC. The number of esters is 4. The van der Waals surface area contributed by atoms with Crippen LogP contribution < -0.4 is 21.3 Å². The first-order chi connectivity index (χ1) is 25.7. The minimum Gasteiger partial charge on any atom is -0.469 e. The second-order valence-corrected chi connectivity index (χ2v) is 11.4. The van der Waals surface area contributed by atoms with Gasteiger partial charge in [0.25, 0.3) is 0 Å². The van der Waals surface area contributed by atoms with Gasteiger partial charge >= 0.3 is 48.3 Å². The van der Waals surface area contributed by atoms with Crippen LogP contribution in [0, 0.1) is 0 Å². The van der Waals surface area contributed by atoms with Crippen molar-refractivity contribution in [1.29, 1.82) is 0 Å². The average molecular weight is 807 g/mol. The molecule has 0 bridgehead atoms. The largest absolute Gasteiger partial charge is 0.469 e. The van der Waals surface area contributed by atoms with Gasteiger partial charge in [0.2, 0.25) is 0 Å². The Morgan fingerprint density at radius 1 is 0.589 bits per heavy atom. The third-order valence-corrected chi connectivity index (χ3v) is 6.80. The van der Waals surface area contributed by atoms with E-state index in [1.54, 1.807) is 0 Å². The van der Waals surface area contributed by atoms with Gasteiger partial charge in [-0.1, -0.05) is 28.0 Å². The number of carbonyl (C=O) groups excluding carboxylic acids is 8. The van der Waals surface area contributed by atoms with E-state index in [0.717, 1.165) is 12.2 Å². The molecule has 20 heteroatoms. The van der Waals surface area contributed by atoms with E-state index in [-0.39, 0.29) is 67.2 Å². The zero-order chi connectivity index (χ0) is 40.7. The molecule has 0 saturated carbocycles. The Morgan fingerprint density at radius 2 is 1.07 bits per heavy atom. The molecule has 4 N–H and O–H groups in total. The van der Waals surface area contributed by atoms with Crippen molar-refractivity contribution < 1.29 is 76.3 Å². The molecule has 0 fully saturated rings. The number of amides is 4. The van der Waals surface area contributed by atoms with Gasteiger partial charge in [-0.25, -0.2) is 33.6 Å². The van der Waals surface area contributed by atoms with Crippen molar-refractivity contribution >= 4 is 48.3 Å². The minimum atomic E-state index is -0.994. The molecule has 4 amide bonds. The lowest BCUT2D eigenvalue weighted by atomic mass is 10.1. The van der Waals surface area contributed by atoms with E-state index in [0.29, 0.717) is 38.5 Å². The van der Waals surface area contributed by atoms with E-state index >= 15 is 0 Å². The Morgan fingerprint density at radius 3 is 1.54 bits per heavy atom. The van der Waals surface area contributed by atoms with E-state index < -0.39 is 72.5 Å². The summed E-state index contributed by atoms with van der Waals surface area (Å²) in [7, 11) is 2.39. The van der Waals surface area contributed by atoms with Gasteiger partial charge in [0.1, 0.15) is 31.5 Å². The number of methoxy groups -OCH3 is 2. The van der Waals surface area contributed by atoms with Crippen LogP contribution in [0.5, 0.6) is 0 Å². The molecule has 0 aromatic rings. The van der Waals surface area contributed by atoms with Crippen LogP contribution in [0.1, 0.15) is 80.1 Å². The number of unbranched alkanes of at least 4 members (excludes halogenated alkanes) is 2. The lowest BCUT2D eigenvalue weighted by molar-refractivity contribution is -0.143. The van der Waals surface area contributed by atoms with Crippen LogP contribution in [0.4, 0.5) is 19.2 Å². The number of carbonyl (C=O) groups is 8. The fourth-order valence-electron chi connectivity index (χ4n) is 4.07. The van der Waals surface area contributed by atoms with Crippen molar-refractivity contribution in [2.45, 2.75) is 104 Å². The molecular weight excluding hydrogens is 744 g/mol. The van der Waals surface area contributed by atoms with Crippen LogP contribution in [0.2, 0.25) is 0 Å². The maximum atomic E-state index is 12.2. The van der Waals surface area contributed by atoms with Gasteiger partial charge in [0, 0.05) is 31.3 Å². The molecule has 0 aliphatic rings. The summed E-state index contributed by atoms with van der Waals surface area (Å²) in [5.74, 6) is -2.57. The van der Waals surface area contributed by atoms with Crippen molar-refractivity contribution in [3.63, 3.8) is 0 Å². The summed E-state index contributed by atoms with van der Waals surface area (Å²) in [6, 6.07) is -1.65. The highest BCUT2D eigenvalue weighted by atomic mass is 16.6. The monoisotopic (exact) mass is 806 g/mol. The summed E-state index contributed by atoms with van der Waals surface area (Å²) in [5.41, 5.74) is 0. The zero-order valence-corrected chi connectivity index (χ0v) is 31.3. The summed E-state index contributed by atoms with van der Waals surface area (Å²) in [5, 5.41) is 10.1. The van der Waals surface area contributed by atoms with Gasteiger partial charge in [-0.15, -0.1) is 0 Å². The number of rotatable bonds is 27. The lowest BCUT2D eigenvalue weighted by Crippen LogP contribution is -2.43. The molecule has 4 atom stereocenters. The second kappa shape index (κ2) is 34.0. The van der Waals surface area contributed by atoms with Crippen molar-refractivity contribution in [2.24, 2.45) is 0 Å². The maximum absolute atomic E-state index is 12.2. The number of ether oxygens (including phenoxy) is 8. The molecule has 0 aromatic heterocycles. The molecule has 0 heterocycles. The van der Waals surface area contributed by atoms with Crippen molar-refractivity contribution in [2.75, 3.05) is 53.7 Å². The molecule has 0 rings (SSSR count). The maximum Gasteiger partial charge on any atom is 0.408 e. The Labute approximate surface area is 329 Å². The average Bonchev–Trinajstić information content (AvgIpc) is 3.14. The third kappa shape index (κ3) is 29.8. The van der Waals surface area contributed by atoms with E-state index in [1.165, 1.54) is 28.1 Å². The van der Waals surface area contributed by atoms with Crippen LogP contribution in [0.15, 0.2) is 25.3 Å². The molecule has 0 aliphatic carbocycles. The summed E-state index contributed by atoms with van der Waals surface area (Å²) in [4.78, 5) is 94.4. The highest BCUT2D eigenvalue weighted by molar-refractivity contribution is 5.82. The molecule has 0 spiro atoms. The van der Waals surface area contributed by atoms with Crippen LogP contribution in [-0.4, -0.2) is 126 Å². The van der Waals surface area contributed by atoms with Gasteiger partial charge < -0.3 is 59.2 Å². The Balaban J connectivity index is -0.0000140. The van der Waals surface area contributed by atoms with E-state index in [9.17, 15) is 38.4 Å². The summed E-state index contributed by atoms with van der Waals surface area (Å²) < 4.78 is 39.4. The molecule has 322 valence electrons. The molecule has 0 saturated heterocycles. The Kier molecular flexibility index (Phi) is 33.2. The van der Waals surface area contributed by atoms with Gasteiger partial charge in [-0.2, -0.15) is 0 Å². The lowest BCUT2D eigenvalue weighted by Gasteiger charge is -2.19. The van der Waals surface area contributed by atoms with E-state index in [2.05, 4.69) is 39.2 Å². The minimum absolute atomic E-state index is 0. The van der Waals surface area contributed by atoms with Crippen molar-refractivity contribution in [3.8, 4) is 0 Å². The first-order valence-corrected chi connectivity index (χ1v) is 17.2. The number of nitrogens with one attached hydrogen (secondary N) is 4. The zero-order valence-electron chi connectivity index (χ0n) is 31.3. The molecule has 20 nitrogen and oxygen atoms in total. The molecule has 0 aliphatic heterocycles. The predicted octanol–water partition coefficient (Wildman–Crippen LogP) is 3.60. The summed E-state index contributed by atoms with van der Waals surface area (Å²) in [6.45, 7) is 9.76. The normalized spacial score (nSPS) is 12.0. The highest BCUT2D eigenvalue weighted by Gasteiger charge is 2.23. The van der Waals surface area contributed by atoms with Gasteiger partial charge in [-0.05, 0) is 58.8 Å². The fraction of sp³-hybridized carbons (Fsp3) is 0.667. The molecule has 4 unspecified atom stereocenters. The van der Waals surface area contributed by atoms with Gasteiger partial charge in [0.05, 0.1) is 33.9 Å². The second-order valence-electron chi connectivity index (χ2n) is 11.4. The van der Waals surface area contributed by atoms with Crippen molar-refractivity contribution in [1.82, 2.24) is 21.3 Å². The Bertz CT molecular complexity index is 1230. The van der Waals surface area contributed by atoms with Crippen LogP contribution in [0.25, 0.3) is 0 Å². The molecule has 0 aromatic carbocycles. The standard InChI is InChI=1S/C34H54N4O16.2CH4/c1-7-27(39)51-21-23(3)53-33(45)37-25(20-29(41)47-5)14-13-17-36-32(44)50-19-12-11-18-49-31(43)35-16-10-9-15-26(30(42)48-6)38-34(46)54-24(4)22-52-28(40)8-2;;/h7-8,23-26H,1-2,9-22H2,3-6H3,(H,35,43)(H,36,44)(H,37,45)(H,38,46);2*1H4. The molecule has 56 heavy (non-hydrogen) atoms. The fourth-order valence-corrected chi connectivity index (χ4v) is 4.07. The topological polar surface area (TPSA) is 259 Å². The Hall–Kier alpha value is -5.56. The number of hydrogen-bond donors (Lipinski definition) is 4. The molecular formula is C36H62N4O16. The molecule has 0 radical (unpaired) electrons.